The Kier molecular flexibility index (Phi) is 10.3. The van der Waals surface area contributed by atoms with Crippen molar-refractivity contribution in [1.82, 2.24) is 25.8 Å². The number of benzene rings is 1. The molecule has 8 nitrogen and oxygen atoms in total. The van der Waals surface area contributed by atoms with Crippen molar-refractivity contribution in [2.75, 3.05) is 19.6 Å². The summed E-state index contributed by atoms with van der Waals surface area (Å²) in [6.45, 7) is 5.73. The number of rotatable bonds is 10. The molecule has 3 aromatic rings. The van der Waals surface area contributed by atoms with Crippen LogP contribution >= 0.6 is 24.0 Å². The second kappa shape index (κ2) is 12.9. The maximum absolute atomic E-state index is 13.8. The van der Waals surface area contributed by atoms with Crippen molar-refractivity contribution in [3.05, 3.63) is 54.3 Å². The van der Waals surface area contributed by atoms with Gasteiger partial charge in [-0.3, -0.25) is 5.10 Å². The van der Waals surface area contributed by atoms with Gasteiger partial charge in [-0.05, 0) is 37.6 Å². The zero-order valence-corrected chi connectivity index (χ0v) is 19.9. The molecule has 0 fully saturated rings. The van der Waals surface area contributed by atoms with Crippen LogP contribution in [0.2, 0.25) is 0 Å². The van der Waals surface area contributed by atoms with Gasteiger partial charge in [-0.2, -0.15) is 5.10 Å². The normalized spacial score (nSPS) is 12.2. The van der Waals surface area contributed by atoms with Crippen LogP contribution in [0.15, 0.2) is 52.1 Å². The van der Waals surface area contributed by atoms with Gasteiger partial charge in [0.15, 0.2) is 23.3 Å². The summed E-state index contributed by atoms with van der Waals surface area (Å²) in [4.78, 5) is 9.00. The minimum Gasteiger partial charge on any atom is -0.485 e. The van der Waals surface area contributed by atoms with Crippen molar-refractivity contribution in [3.8, 4) is 17.3 Å². The van der Waals surface area contributed by atoms with Gasteiger partial charge in [0, 0.05) is 19.5 Å². The van der Waals surface area contributed by atoms with E-state index in [2.05, 4.69) is 30.8 Å². The molecule has 3 N–H and O–H groups in total. The van der Waals surface area contributed by atoms with E-state index in [0.717, 1.165) is 12.4 Å². The standard InChI is InChI=1S/C21H27FN6O2.HI/c1-3-15(30-17-9-6-5-8-16(17)22)14-25-21(23-4-2)24-12-11-19-26-20(28-27-19)18-10-7-13-29-18;/h5-10,13,15H,3-4,11-12,14H2,1-2H3,(H2,23,24,25)(H,26,27,28);1H. The summed E-state index contributed by atoms with van der Waals surface area (Å²) in [5, 5.41) is 13.5. The van der Waals surface area contributed by atoms with E-state index < -0.39 is 0 Å². The number of para-hydroxylation sites is 1. The van der Waals surface area contributed by atoms with Gasteiger partial charge in [0.2, 0.25) is 5.82 Å². The van der Waals surface area contributed by atoms with Crippen molar-refractivity contribution in [2.24, 2.45) is 4.99 Å². The van der Waals surface area contributed by atoms with E-state index in [4.69, 9.17) is 9.15 Å². The molecule has 0 aliphatic heterocycles. The van der Waals surface area contributed by atoms with Crippen molar-refractivity contribution < 1.29 is 13.5 Å². The Morgan fingerprint density at radius 1 is 1.23 bits per heavy atom. The van der Waals surface area contributed by atoms with Gasteiger partial charge in [-0.25, -0.2) is 14.4 Å². The Balaban J connectivity index is 0.00000341. The quantitative estimate of drug-likeness (QED) is 0.205. The molecule has 0 aliphatic rings. The average Bonchev–Trinajstić information content (AvgIpc) is 3.44. The van der Waals surface area contributed by atoms with Gasteiger partial charge in [0.05, 0.1) is 12.8 Å². The fourth-order valence-corrected chi connectivity index (χ4v) is 2.73. The number of aliphatic imine (C=N–C) groups is 1. The van der Waals surface area contributed by atoms with Crippen LogP contribution in [-0.4, -0.2) is 46.9 Å². The predicted molar refractivity (Wildman–Crippen MR) is 128 cm³/mol. The number of aromatic nitrogens is 3. The predicted octanol–water partition coefficient (Wildman–Crippen LogP) is 3.78. The van der Waals surface area contributed by atoms with Gasteiger partial charge in [0.25, 0.3) is 0 Å². The van der Waals surface area contributed by atoms with Crippen LogP contribution in [0.25, 0.3) is 11.6 Å². The van der Waals surface area contributed by atoms with E-state index in [-0.39, 0.29) is 41.6 Å². The van der Waals surface area contributed by atoms with E-state index in [0.29, 0.717) is 43.5 Å². The molecule has 1 atom stereocenters. The maximum atomic E-state index is 13.8. The van der Waals surface area contributed by atoms with E-state index in [1.165, 1.54) is 6.07 Å². The molecule has 1 aromatic carbocycles. The first kappa shape index (κ1) is 24.6. The number of halogens is 2. The highest BCUT2D eigenvalue weighted by molar-refractivity contribution is 14.0. The third kappa shape index (κ3) is 7.53. The van der Waals surface area contributed by atoms with Crippen molar-refractivity contribution in [2.45, 2.75) is 32.8 Å². The lowest BCUT2D eigenvalue weighted by molar-refractivity contribution is 0.196. The van der Waals surface area contributed by atoms with Crippen molar-refractivity contribution in [1.29, 1.82) is 0 Å². The number of H-pyrrole nitrogens is 1. The average molecular weight is 542 g/mol. The van der Waals surface area contributed by atoms with Crippen molar-refractivity contribution >= 4 is 29.9 Å². The summed E-state index contributed by atoms with van der Waals surface area (Å²) < 4.78 is 24.9. The highest BCUT2D eigenvalue weighted by atomic mass is 127. The van der Waals surface area contributed by atoms with Gasteiger partial charge in [-0.15, -0.1) is 24.0 Å². The molecule has 3 rings (SSSR count). The Morgan fingerprint density at radius 3 is 2.77 bits per heavy atom. The largest absolute Gasteiger partial charge is 0.485 e. The van der Waals surface area contributed by atoms with Crippen LogP contribution in [-0.2, 0) is 6.42 Å². The molecule has 0 aliphatic carbocycles. The topological polar surface area (TPSA) is 100 Å². The zero-order valence-electron chi connectivity index (χ0n) is 17.6. The molecule has 0 spiro atoms. The summed E-state index contributed by atoms with van der Waals surface area (Å²) in [7, 11) is 0. The number of nitrogens with zero attached hydrogens (tertiary/aromatic N) is 3. The first-order valence-electron chi connectivity index (χ1n) is 10.1. The van der Waals surface area contributed by atoms with Crippen LogP contribution in [0, 0.1) is 5.82 Å². The lowest BCUT2D eigenvalue weighted by atomic mass is 10.2. The highest BCUT2D eigenvalue weighted by Crippen LogP contribution is 2.18. The second-order valence-corrected chi connectivity index (χ2v) is 6.56. The lowest BCUT2D eigenvalue weighted by Gasteiger charge is -2.17. The molecule has 0 amide bonds. The molecule has 10 heteroatoms. The molecule has 2 aromatic heterocycles. The SMILES string of the molecule is CCNC(=NCC(CC)Oc1ccccc1F)NCCc1nc(-c2ccco2)n[nH]1.I. The molecule has 1 unspecified atom stereocenters. The van der Waals surface area contributed by atoms with E-state index in [1.54, 1.807) is 30.5 Å². The third-order valence-corrected chi connectivity index (χ3v) is 4.31. The summed E-state index contributed by atoms with van der Waals surface area (Å²) in [5.41, 5.74) is 0. The zero-order chi connectivity index (χ0) is 21.2. The van der Waals surface area contributed by atoms with Gasteiger partial charge in [0.1, 0.15) is 11.9 Å². The number of aromatic amines is 1. The molecule has 0 bridgehead atoms. The molecular weight excluding hydrogens is 514 g/mol. The van der Waals surface area contributed by atoms with Crippen LogP contribution in [0.3, 0.4) is 0 Å². The lowest BCUT2D eigenvalue weighted by Crippen LogP contribution is -2.39. The second-order valence-electron chi connectivity index (χ2n) is 6.56. The number of nitrogens with one attached hydrogen (secondary N) is 3. The Hall–Kier alpha value is -2.63. The number of hydrogen-bond acceptors (Lipinski definition) is 5. The molecule has 0 radical (unpaired) electrons. The van der Waals surface area contributed by atoms with Gasteiger partial charge in [-0.1, -0.05) is 19.1 Å². The third-order valence-electron chi connectivity index (χ3n) is 4.31. The van der Waals surface area contributed by atoms with Crippen molar-refractivity contribution in [3.63, 3.8) is 0 Å². The monoisotopic (exact) mass is 542 g/mol. The van der Waals surface area contributed by atoms with Crippen LogP contribution in [0.1, 0.15) is 26.1 Å². The molecular formula is C21H28FIN6O2. The van der Waals surface area contributed by atoms with Crippen LogP contribution < -0.4 is 15.4 Å². The number of hydrogen-bond donors (Lipinski definition) is 3. The summed E-state index contributed by atoms with van der Waals surface area (Å²) in [5.74, 6) is 2.45. The molecule has 0 saturated heterocycles. The molecule has 2 heterocycles. The maximum Gasteiger partial charge on any atom is 0.216 e. The van der Waals surface area contributed by atoms with Gasteiger partial charge < -0.3 is 19.8 Å². The first-order valence-corrected chi connectivity index (χ1v) is 10.1. The minimum absolute atomic E-state index is 0. The van der Waals surface area contributed by atoms with Crippen LogP contribution in [0.4, 0.5) is 4.39 Å². The Labute approximate surface area is 198 Å². The molecule has 0 saturated carbocycles. The summed E-state index contributed by atoms with van der Waals surface area (Å²) in [6, 6.07) is 10.0. The fraction of sp³-hybridized carbons (Fsp3) is 0.381. The van der Waals surface area contributed by atoms with E-state index in [1.807, 2.05) is 19.9 Å². The van der Waals surface area contributed by atoms with Gasteiger partial charge >= 0.3 is 0 Å². The Morgan fingerprint density at radius 2 is 2.06 bits per heavy atom. The van der Waals surface area contributed by atoms with Crippen LogP contribution in [0.5, 0.6) is 5.75 Å². The fourth-order valence-electron chi connectivity index (χ4n) is 2.73. The number of guanidine groups is 1. The Bertz CT molecular complexity index is 932. The summed E-state index contributed by atoms with van der Waals surface area (Å²) >= 11 is 0. The first-order chi connectivity index (χ1) is 14.7. The number of furan rings is 1. The molecule has 168 valence electrons. The minimum atomic E-state index is -0.370. The van der Waals surface area contributed by atoms with E-state index >= 15 is 0 Å². The molecule has 31 heavy (non-hydrogen) atoms. The number of ether oxygens (including phenoxy) is 1. The highest BCUT2D eigenvalue weighted by Gasteiger charge is 2.12. The summed E-state index contributed by atoms with van der Waals surface area (Å²) in [6.07, 6.45) is 2.72. The van der Waals surface area contributed by atoms with E-state index in [9.17, 15) is 4.39 Å². The smallest absolute Gasteiger partial charge is 0.216 e.